The SMILES string of the molecule is COc1cccc2c1OC1(C=C2)N(C)c2c(-c3ccccc3)cccc2C1(C)C. The van der Waals surface area contributed by atoms with Gasteiger partial charge in [0.25, 0.3) is 0 Å². The Morgan fingerprint density at radius 2 is 1.66 bits per heavy atom. The first-order valence-corrected chi connectivity index (χ1v) is 9.97. The minimum Gasteiger partial charge on any atom is -0.493 e. The van der Waals surface area contributed by atoms with Crippen LogP contribution in [0, 0.1) is 0 Å². The topological polar surface area (TPSA) is 21.7 Å². The van der Waals surface area contributed by atoms with Crippen molar-refractivity contribution < 1.29 is 9.47 Å². The molecular weight excluding hydrogens is 358 g/mol. The molecule has 2 heterocycles. The second-order valence-corrected chi connectivity index (χ2v) is 8.26. The second-order valence-electron chi connectivity index (χ2n) is 8.26. The molecule has 1 atom stereocenters. The standard InChI is InChI=1S/C26H25NO2/c1-25(2)21-14-9-13-20(18-10-6-5-7-11-18)23(21)27(3)26(25)17-16-19-12-8-15-22(28-4)24(19)29-26/h5-17H,1-4H3. The average molecular weight is 383 g/mol. The molecule has 3 aromatic carbocycles. The quantitative estimate of drug-likeness (QED) is 0.551. The van der Waals surface area contributed by atoms with Crippen molar-refractivity contribution in [2.24, 2.45) is 0 Å². The van der Waals surface area contributed by atoms with Crippen molar-refractivity contribution in [3.63, 3.8) is 0 Å². The van der Waals surface area contributed by atoms with Gasteiger partial charge in [-0.05, 0) is 43.2 Å². The van der Waals surface area contributed by atoms with Crippen LogP contribution in [0.3, 0.4) is 0 Å². The predicted octanol–water partition coefficient (Wildman–Crippen LogP) is 5.89. The maximum atomic E-state index is 6.82. The number of rotatable bonds is 2. The molecule has 5 rings (SSSR count). The van der Waals surface area contributed by atoms with Crippen LogP contribution in [0.5, 0.6) is 11.5 Å². The van der Waals surface area contributed by atoms with Crippen LogP contribution in [0.15, 0.2) is 72.8 Å². The maximum Gasteiger partial charge on any atom is 0.212 e. The van der Waals surface area contributed by atoms with Gasteiger partial charge in [0.1, 0.15) is 0 Å². The third kappa shape index (κ3) is 2.30. The number of hydrogen-bond donors (Lipinski definition) is 0. The van der Waals surface area contributed by atoms with Gasteiger partial charge in [-0.2, -0.15) is 0 Å². The van der Waals surface area contributed by atoms with Crippen molar-refractivity contribution in [2.75, 3.05) is 19.1 Å². The van der Waals surface area contributed by atoms with E-state index >= 15 is 0 Å². The molecule has 1 unspecified atom stereocenters. The molecule has 146 valence electrons. The molecule has 0 bridgehead atoms. The summed E-state index contributed by atoms with van der Waals surface area (Å²) in [4.78, 5) is 2.29. The van der Waals surface area contributed by atoms with Gasteiger partial charge in [0.05, 0.1) is 18.2 Å². The number of likely N-dealkylation sites (N-methyl/N-ethyl adjacent to an activating group) is 1. The maximum absolute atomic E-state index is 6.82. The van der Waals surface area contributed by atoms with Gasteiger partial charge in [0.15, 0.2) is 11.5 Å². The van der Waals surface area contributed by atoms with Crippen molar-refractivity contribution >= 4 is 11.8 Å². The van der Waals surface area contributed by atoms with Crippen LogP contribution >= 0.6 is 0 Å². The lowest BCUT2D eigenvalue weighted by molar-refractivity contribution is 0.0552. The molecule has 0 saturated heterocycles. The summed E-state index contributed by atoms with van der Waals surface area (Å²) < 4.78 is 12.4. The van der Waals surface area contributed by atoms with E-state index in [-0.39, 0.29) is 5.41 Å². The molecule has 1 spiro atoms. The molecule has 29 heavy (non-hydrogen) atoms. The third-order valence-electron chi connectivity index (χ3n) is 6.50. The fraction of sp³-hybridized carbons (Fsp3) is 0.231. The number of fused-ring (bicyclic) bond motifs is 2. The van der Waals surface area contributed by atoms with Crippen LogP contribution in [0.25, 0.3) is 17.2 Å². The van der Waals surface area contributed by atoms with Crippen molar-refractivity contribution in [3.8, 4) is 22.6 Å². The number of ether oxygens (including phenoxy) is 2. The lowest BCUT2D eigenvalue weighted by Gasteiger charge is -2.46. The van der Waals surface area contributed by atoms with Crippen molar-refractivity contribution in [3.05, 3.63) is 83.9 Å². The Labute approximate surface area is 172 Å². The normalized spacial score (nSPS) is 20.9. The smallest absolute Gasteiger partial charge is 0.212 e. The van der Waals surface area contributed by atoms with Crippen LogP contribution in [0.2, 0.25) is 0 Å². The van der Waals surface area contributed by atoms with E-state index in [1.165, 1.54) is 22.4 Å². The van der Waals surface area contributed by atoms with Gasteiger partial charge in [-0.1, -0.05) is 60.7 Å². The van der Waals surface area contributed by atoms with Crippen molar-refractivity contribution in [1.82, 2.24) is 0 Å². The third-order valence-corrected chi connectivity index (χ3v) is 6.50. The first-order valence-electron chi connectivity index (χ1n) is 9.97. The Hall–Kier alpha value is -3.20. The van der Waals surface area contributed by atoms with Gasteiger partial charge in [0.2, 0.25) is 5.72 Å². The summed E-state index contributed by atoms with van der Waals surface area (Å²) in [6.07, 6.45) is 4.36. The van der Waals surface area contributed by atoms with Crippen molar-refractivity contribution in [1.29, 1.82) is 0 Å². The molecule has 3 heteroatoms. The summed E-state index contributed by atoms with van der Waals surface area (Å²) in [6.45, 7) is 4.52. The van der Waals surface area contributed by atoms with Crippen molar-refractivity contribution in [2.45, 2.75) is 25.0 Å². The molecule has 2 aliphatic heterocycles. The molecule has 3 nitrogen and oxygen atoms in total. The molecule has 0 N–H and O–H groups in total. The second kappa shape index (κ2) is 6.15. The summed E-state index contributed by atoms with van der Waals surface area (Å²) in [5.74, 6) is 1.56. The zero-order valence-electron chi connectivity index (χ0n) is 17.3. The van der Waals surface area contributed by atoms with Crippen LogP contribution in [0.4, 0.5) is 5.69 Å². The molecule has 0 aromatic heterocycles. The van der Waals surface area contributed by atoms with E-state index in [9.17, 15) is 0 Å². The van der Waals surface area contributed by atoms with E-state index in [4.69, 9.17) is 9.47 Å². The zero-order valence-corrected chi connectivity index (χ0v) is 17.3. The van der Waals surface area contributed by atoms with E-state index in [2.05, 4.69) is 92.5 Å². The minimum absolute atomic E-state index is 0.267. The summed E-state index contributed by atoms with van der Waals surface area (Å²) in [7, 11) is 3.82. The van der Waals surface area contributed by atoms with E-state index in [1.807, 2.05) is 12.1 Å². The molecular formula is C26H25NO2. The molecule has 3 aromatic rings. The number of para-hydroxylation sites is 2. The Kier molecular flexibility index (Phi) is 3.79. The largest absolute Gasteiger partial charge is 0.493 e. The van der Waals surface area contributed by atoms with Gasteiger partial charge in [0, 0.05) is 18.2 Å². The summed E-state index contributed by atoms with van der Waals surface area (Å²) in [6, 6.07) is 23.1. The van der Waals surface area contributed by atoms with Gasteiger partial charge < -0.3 is 14.4 Å². The fourth-order valence-electron chi connectivity index (χ4n) is 4.88. The van der Waals surface area contributed by atoms with E-state index in [0.29, 0.717) is 0 Å². The Morgan fingerprint density at radius 1 is 0.897 bits per heavy atom. The summed E-state index contributed by atoms with van der Waals surface area (Å²) in [5.41, 5.74) is 5.06. The highest BCUT2D eigenvalue weighted by Gasteiger charge is 2.58. The first-order chi connectivity index (χ1) is 14.0. The molecule has 0 radical (unpaired) electrons. The monoisotopic (exact) mass is 383 g/mol. The molecule has 2 aliphatic rings. The minimum atomic E-state index is -0.637. The lowest BCUT2D eigenvalue weighted by Crippen LogP contribution is -2.58. The van der Waals surface area contributed by atoms with Crippen LogP contribution < -0.4 is 14.4 Å². The molecule has 0 amide bonds. The Morgan fingerprint density at radius 3 is 2.41 bits per heavy atom. The van der Waals surface area contributed by atoms with E-state index in [1.54, 1.807) is 7.11 Å². The van der Waals surface area contributed by atoms with Gasteiger partial charge in [-0.3, -0.25) is 0 Å². The van der Waals surface area contributed by atoms with E-state index < -0.39 is 5.72 Å². The van der Waals surface area contributed by atoms with Gasteiger partial charge in [-0.15, -0.1) is 0 Å². The van der Waals surface area contributed by atoms with Crippen LogP contribution in [0.1, 0.15) is 25.0 Å². The van der Waals surface area contributed by atoms with Gasteiger partial charge in [-0.25, -0.2) is 0 Å². The Bertz CT molecular complexity index is 1120. The number of hydrogen-bond acceptors (Lipinski definition) is 3. The first kappa shape index (κ1) is 17.9. The number of methoxy groups -OCH3 is 1. The zero-order chi connectivity index (χ0) is 20.2. The predicted molar refractivity (Wildman–Crippen MR) is 119 cm³/mol. The van der Waals surface area contributed by atoms with Crippen LogP contribution in [-0.4, -0.2) is 19.9 Å². The number of nitrogens with zero attached hydrogens (tertiary/aromatic N) is 1. The van der Waals surface area contributed by atoms with E-state index in [0.717, 1.165) is 17.1 Å². The fourth-order valence-corrected chi connectivity index (χ4v) is 4.88. The molecule has 0 fully saturated rings. The highest BCUT2D eigenvalue weighted by atomic mass is 16.5. The molecule has 0 aliphatic carbocycles. The lowest BCUT2D eigenvalue weighted by atomic mass is 9.76. The summed E-state index contributed by atoms with van der Waals surface area (Å²) >= 11 is 0. The van der Waals surface area contributed by atoms with Gasteiger partial charge >= 0.3 is 0 Å². The number of benzene rings is 3. The van der Waals surface area contributed by atoms with Crippen LogP contribution in [-0.2, 0) is 5.41 Å². The number of anilines is 1. The molecule has 0 saturated carbocycles. The summed E-state index contributed by atoms with van der Waals surface area (Å²) in [5, 5.41) is 0. The average Bonchev–Trinajstić information content (AvgIpc) is 2.92. The highest BCUT2D eigenvalue weighted by molar-refractivity contribution is 5.86. The Balaban J connectivity index is 1.71. The highest BCUT2D eigenvalue weighted by Crippen LogP contribution is 2.57.